The highest BCUT2D eigenvalue weighted by molar-refractivity contribution is 5.94. The molecule has 0 aliphatic rings. The van der Waals surface area contributed by atoms with Gasteiger partial charge in [-0.05, 0) is 6.07 Å². The van der Waals surface area contributed by atoms with E-state index in [1.807, 2.05) is 4.90 Å². The highest BCUT2D eigenvalue weighted by atomic mass is 16.5. The van der Waals surface area contributed by atoms with Crippen molar-refractivity contribution in [2.75, 3.05) is 31.7 Å². The number of hydrogen-bond acceptors (Lipinski definition) is 4. The average molecular weight is 236 g/mol. The van der Waals surface area contributed by atoms with Crippen LogP contribution in [-0.4, -0.2) is 42.9 Å². The van der Waals surface area contributed by atoms with Crippen molar-refractivity contribution in [3.05, 3.63) is 36.7 Å². The van der Waals surface area contributed by atoms with Crippen LogP contribution in [0.5, 0.6) is 0 Å². The summed E-state index contributed by atoms with van der Waals surface area (Å²) in [4.78, 5) is 16.8. The normalized spacial score (nSPS) is 9.94. The van der Waals surface area contributed by atoms with E-state index in [1.165, 1.54) is 6.20 Å². The van der Waals surface area contributed by atoms with Crippen molar-refractivity contribution in [2.45, 2.75) is 0 Å². The van der Waals surface area contributed by atoms with E-state index in [4.69, 9.17) is 9.84 Å². The number of aromatic nitrogens is 1. The Morgan fingerprint density at radius 3 is 3.06 bits per heavy atom. The molecule has 0 unspecified atom stereocenters. The zero-order chi connectivity index (χ0) is 12.7. The second-order valence-corrected chi connectivity index (χ2v) is 3.43. The Labute approximate surface area is 100 Å². The lowest BCUT2D eigenvalue weighted by Crippen LogP contribution is -2.29. The molecule has 1 aromatic rings. The maximum absolute atomic E-state index is 11.1. The summed E-state index contributed by atoms with van der Waals surface area (Å²) in [6, 6.07) is 1.68. The Hall–Kier alpha value is -1.88. The minimum absolute atomic E-state index is 0.186. The molecule has 1 heterocycles. The predicted octanol–water partition coefficient (Wildman–Crippen LogP) is 1.42. The number of ether oxygens (including phenoxy) is 1. The van der Waals surface area contributed by atoms with Crippen LogP contribution in [0.4, 0.5) is 5.69 Å². The van der Waals surface area contributed by atoms with Crippen molar-refractivity contribution in [1.82, 2.24) is 4.98 Å². The minimum atomic E-state index is -0.987. The van der Waals surface area contributed by atoms with Crippen molar-refractivity contribution in [1.29, 1.82) is 0 Å². The second kappa shape index (κ2) is 6.65. The zero-order valence-corrected chi connectivity index (χ0v) is 9.80. The third kappa shape index (κ3) is 3.57. The van der Waals surface area contributed by atoms with E-state index < -0.39 is 5.97 Å². The molecular formula is C12H16N2O3. The number of pyridine rings is 1. The van der Waals surface area contributed by atoms with E-state index in [2.05, 4.69) is 11.6 Å². The van der Waals surface area contributed by atoms with E-state index in [-0.39, 0.29) is 5.56 Å². The Morgan fingerprint density at radius 1 is 1.71 bits per heavy atom. The summed E-state index contributed by atoms with van der Waals surface area (Å²) < 4.78 is 5.00. The first kappa shape index (κ1) is 13.2. The van der Waals surface area contributed by atoms with Crippen LogP contribution in [0.3, 0.4) is 0 Å². The van der Waals surface area contributed by atoms with Gasteiger partial charge in [-0.15, -0.1) is 6.58 Å². The molecule has 0 fully saturated rings. The Bertz CT molecular complexity index is 393. The number of methoxy groups -OCH3 is 1. The fourth-order valence-corrected chi connectivity index (χ4v) is 1.50. The van der Waals surface area contributed by atoms with Gasteiger partial charge in [-0.25, -0.2) is 4.79 Å². The largest absolute Gasteiger partial charge is 0.478 e. The van der Waals surface area contributed by atoms with Crippen LogP contribution < -0.4 is 4.90 Å². The van der Waals surface area contributed by atoms with Crippen LogP contribution in [-0.2, 0) is 4.74 Å². The van der Waals surface area contributed by atoms with Crippen LogP contribution in [0.1, 0.15) is 10.4 Å². The quantitative estimate of drug-likeness (QED) is 0.725. The molecular weight excluding hydrogens is 220 g/mol. The van der Waals surface area contributed by atoms with Crippen LogP contribution in [0.15, 0.2) is 31.1 Å². The van der Waals surface area contributed by atoms with Gasteiger partial charge in [-0.3, -0.25) is 4.98 Å². The fraction of sp³-hybridized carbons (Fsp3) is 0.333. The second-order valence-electron chi connectivity index (χ2n) is 3.43. The molecule has 5 heteroatoms. The zero-order valence-electron chi connectivity index (χ0n) is 9.80. The van der Waals surface area contributed by atoms with Crippen LogP contribution in [0.25, 0.3) is 0 Å². The number of carboxylic acid groups (broad SMARTS) is 1. The summed E-state index contributed by atoms with van der Waals surface area (Å²) in [6.07, 6.45) is 4.65. The molecule has 0 radical (unpaired) electrons. The number of rotatable bonds is 7. The van der Waals surface area contributed by atoms with E-state index in [1.54, 1.807) is 25.4 Å². The van der Waals surface area contributed by atoms with Crippen LogP contribution in [0.2, 0.25) is 0 Å². The molecule has 1 N–H and O–H groups in total. The van der Waals surface area contributed by atoms with Gasteiger partial charge in [0.05, 0.1) is 12.3 Å². The molecule has 92 valence electrons. The minimum Gasteiger partial charge on any atom is -0.478 e. The molecule has 0 saturated heterocycles. The van der Waals surface area contributed by atoms with Crippen LogP contribution >= 0.6 is 0 Å². The predicted molar refractivity (Wildman–Crippen MR) is 65.5 cm³/mol. The molecule has 17 heavy (non-hydrogen) atoms. The van der Waals surface area contributed by atoms with Gasteiger partial charge >= 0.3 is 5.97 Å². The average Bonchev–Trinajstić information content (AvgIpc) is 2.34. The van der Waals surface area contributed by atoms with Gasteiger partial charge in [0.15, 0.2) is 0 Å². The smallest absolute Gasteiger partial charge is 0.339 e. The van der Waals surface area contributed by atoms with Crippen molar-refractivity contribution in [3.63, 3.8) is 0 Å². The van der Waals surface area contributed by atoms with Crippen molar-refractivity contribution in [2.24, 2.45) is 0 Å². The standard InChI is InChI=1S/C12H16N2O3/c1-3-6-14(7-8-17-2)11-4-5-13-9-10(11)12(15)16/h3-5,9H,1,6-8H2,2H3,(H,15,16). The van der Waals surface area contributed by atoms with E-state index in [0.29, 0.717) is 25.4 Å². The lowest BCUT2D eigenvalue weighted by molar-refractivity contribution is 0.0697. The molecule has 0 spiro atoms. The monoisotopic (exact) mass is 236 g/mol. The molecule has 0 aliphatic heterocycles. The summed E-state index contributed by atoms with van der Waals surface area (Å²) in [6.45, 7) is 5.35. The van der Waals surface area contributed by atoms with Crippen molar-refractivity contribution >= 4 is 11.7 Å². The van der Waals surface area contributed by atoms with Gasteiger partial charge in [0.25, 0.3) is 0 Å². The maximum atomic E-state index is 11.1. The highest BCUT2D eigenvalue weighted by Crippen LogP contribution is 2.19. The summed E-state index contributed by atoms with van der Waals surface area (Å²) in [7, 11) is 1.61. The number of hydrogen-bond donors (Lipinski definition) is 1. The summed E-state index contributed by atoms with van der Waals surface area (Å²) >= 11 is 0. The van der Waals surface area contributed by atoms with Gasteiger partial charge in [0, 0.05) is 32.6 Å². The van der Waals surface area contributed by atoms with E-state index >= 15 is 0 Å². The summed E-state index contributed by atoms with van der Waals surface area (Å²) in [5.74, 6) is -0.987. The first-order valence-electron chi connectivity index (χ1n) is 5.22. The van der Waals surface area contributed by atoms with Crippen LogP contribution in [0, 0.1) is 0 Å². The van der Waals surface area contributed by atoms with Gasteiger partial charge in [-0.1, -0.05) is 6.08 Å². The van der Waals surface area contributed by atoms with Gasteiger partial charge < -0.3 is 14.7 Å². The molecule has 1 aromatic heterocycles. The summed E-state index contributed by atoms with van der Waals surface area (Å²) in [5.41, 5.74) is 0.815. The number of anilines is 1. The lowest BCUT2D eigenvalue weighted by Gasteiger charge is -2.24. The molecule has 5 nitrogen and oxygen atoms in total. The van der Waals surface area contributed by atoms with Crippen molar-refractivity contribution in [3.8, 4) is 0 Å². The molecule has 0 saturated carbocycles. The van der Waals surface area contributed by atoms with Crippen molar-refractivity contribution < 1.29 is 14.6 Å². The highest BCUT2D eigenvalue weighted by Gasteiger charge is 2.14. The molecule has 0 atom stereocenters. The third-order valence-electron chi connectivity index (χ3n) is 2.28. The first-order valence-corrected chi connectivity index (χ1v) is 5.22. The van der Waals surface area contributed by atoms with E-state index in [0.717, 1.165) is 0 Å². The molecule has 0 bridgehead atoms. The van der Waals surface area contributed by atoms with Gasteiger partial charge in [-0.2, -0.15) is 0 Å². The summed E-state index contributed by atoms with van der Waals surface area (Å²) in [5, 5.41) is 9.08. The molecule has 0 amide bonds. The number of nitrogens with zero attached hydrogens (tertiary/aromatic N) is 2. The molecule has 1 rings (SSSR count). The Kier molecular flexibility index (Phi) is 5.16. The first-order chi connectivity index (χ1) is 8.20. The number of aromatic carboxylic acids is 1. The fourth-order valence-electron chi connectivity index (χ4n) is 1.50. The third-order valence-corrected chi connectivity index (χ3v) is 2.28. The number of carboxylic acids is 1. The molecule has 0 aromatic carbocycles. The molecule has 0 aliphatic carbocycles. The Balaban J connectivity index is 2.99. The van der Waals surface area contributed by atoms with Gasteiger partial charge in [0.1, 0.15) is 5.56 Å². The SMILES string of the molecule is C=CCN(CCOC)c1ccncc1C(=O)O. The number of carbonyl (C=O) groups is 1. The topological polar surface area (TPSA) is 62.7 Å². The Morgan fingerprint density at radius 2 is 2.47 bits per heavy atom. The van der Waals surface area contributed by atoms with Gasteiger partial charge in [0.2, 0.25) is 0 Å². The lowest BCUT2D eigenvalue weighted by atomic mass is 10.2. The maximum Gasteiger partial charge on any atom is 0.339 e. The van der Waals surface area contributed by atoms with E-state index in [9.17, 15) is 4.79 Å².